The van der Waals surface area contributed by atoms with Gasteiger partial charge in [0.05, 0.1) is 20.5 Å². The van der Waals surface area contributed by atoms with Gasteiger partial charge < -0.3 is 4.18 Å². The number of hydrogen-bond acceptors (Lipinski definition) is 7. The first-order valence-electron chi connectivity index (χ1n) is 6.81. The van der Waals surface area contributed by atoms with E-state index in [1.807, 2.05) is 0 Å². The van der Waals surface area contributed by atoms with E-state index in [1.165, 1.54) is 12.1 Å². The maximum Gasteiger partial charge on any atom is 0.413 e. The predicted octanol–water partition coefficient (Wildman–Crippen LogP) is 1.92. The molecule has 1 aromatic carbocycles. The van der Waals surface area contributed by atoms with Crippen LogP contribution in [-0.4, -0.2) is 30.4 Å². The third kappa shape index (κ3) is 5.35. The van der Waals surface area contributed by atoms with Crippen molar-refractivity contribution < 1.29 is 22.2 Å². The fourth-order valence-corrected chi connectivity index (χ4v) is 2.60. The summed E-state index contributed by atoms with van der Waals surface area (Å²) in [6, 6.07) is 6.35. The van der Waals surface area contributed by atoms with Crippen molar-refractivity contribution in [2.24, 2.45) is 0 Å². The number of urea groups is 1. The Balaban J connectivity index is 2.03. The Hall–Kier alpha value is -2.28. The Labute approximate surface area is 157 Å². The number of halogens is 1. The largest absolute Gasteiger partial charge is 0.413 e. The van der Waals surface area contributed by atoms with E-state index in [4.69, 9.17) is 0 Å². The zero-order valence-corrected chi connectivity index (χ0v) is 16.1. The number of amides is 2. The van der Waals surface area contributed by atoms with E-state index in [2.05, 4.69) is 42.1 Å². The van der Waals surface area contributed by atoms with Crippen LogP contribution in [-0.2, 0) is 14.5 Å². The van der Waals surface area contributed by atoms with Gasteiger partial charge in [-0.25, -0.2) is 24.3 Å². The van der Waals surface area contributed by atoms with Crippen LogP contribution >= 0.6 is 22.6 Å². The highest BCUT2D eigenvalue weighted by Crippen LogP contribution is 2.14. The van der Waals surface area contributed by atoms with Crippen molar-refractivity contribution in [2.75, 3.05) is 5.32 Å². The maximum absolute atomic E-state index is 11.8. The molecule has 0 spiro atoms. The number of aryl methyl sites for hydroxylation is 2. The maximum atomic E-state index is 11.8. The van der Waals surface area contributed by atoms with Gasteiger partial charge in [-0.1, -0.05) is 18.2 Å². The number of carbonyl (C=O) groups is 2. The summed E-state index contributed by atoms with van der Waals surface area (Å²) in [5, 5.41) is 2.17. The lowest BCUT2D eigenvalue weighted by Gasteiger charge is -2.09. The average Bonchev–Trinajstić information content (AvgIpc) is 2.52. The summed E-state index contributed by atoms with van der Waals surface area (Å²) in [6.45, 7) is 3.44. The summed E-state index contributed by atoms with van der Waals surface area (Å²) >= 11 is 2.05. The quantitative estimate of drug-likeness (QED) is 0.646. The van der Waals surface area contributed by atoms with Crippen LogP contribution in [0.15, 0.2) is 30.3 Å². The summed E-state index contributed by atoms with van der Waals surface area (Å²) in [5.41, 5.74) is 1.28. The number of anilines is 1. The molecule has 11 heteroatoms. The van der Waals surface area contributed by atoms with Crippen molar-refractivity contribution in [3.8, 4) is 0 Å². The molecule has 25 heavy (non-hydrogen) atoms. The highest BCUT2D eigenvalue weighted by atomic mass is 127. The Morgan fingerprint density at radius 3 is 2.20 bits per heavy atom. The Kier molecular flexibility index (Phi) is 5.89. The van der Waals surface area contributed by atoms with Gasteiger partial charge in [0.15, 0.2) is 0 Å². The van der Waals surface area contributed by atoms with E-state index in [1.54, 1.807) is 36.8 Å². The molecule has 0 aliphatic rings. The number of hydrogen-bond donors (Lipinski definition) is 2. The second-order valence-corrected chi connectivity index (χ2v) is 7.14. The first-order chi connectivity index (χ1) is 11.7. The molecule has 1 aromatic heterocycles. The Morgan fingerprint density at radius 1 is 1.08 bits per heavy atom. The highest BCUT2D eigenvalue weighted by molar-refractivity contribution is 14.1. The molecule has 0 saturated carbocycles. The van der Waals surface area contributed by atoms with Crippen LogP contribution in [0.4, 0.5) is 10.7 Å². The lowest BCUT2D eigenvalue weighted by Crippen LogP contribution is -2.37. The molecule has 0 aliphatic carbocycles. The smallest absolute Gasteiger partial charge is 0.325 e. The van der Waals surface area contributed by atoms with E-state index in [9.17, 15) is 18.0 Å². The molecule has 2 N–H and O–H groups in total. The van der Waals surface area contributed by atoms with E-state index >= 15 is 0 Å². The van der Waals surface area contributed by atoms with E-state index in [0.29, 0.717) is 11.4 Å². The lowest BCUT2D eigenvalue weighted by molar-refractivity contribution is 0.0745. The lowest BCUT2D eigenvalue weighted by atomic mass is 10.2. The molecule has 0 bridgehead atoms. The van der Waals surface area contributed by atoms with Gasteiger partial charge in [-0.3, -0.25) is 5.32 Å². The number of rotatable bonds is 4. The van der Waals surface area contributed by atoms with Crippen molar-refractivity contribution >= 4 is 50.8 Å². The average molecular weight is 476 g/mol. The molecule has 0 atom stereocenters. The number of carbonyl (C=O) groups excluding carboxylic acids is 2. The van der Waals surface area contributed by atoms with Gasteiger partial charge in [-0.05, 0) is 48.6 Å². The van der Waals surface area contributed by atoms with Crippen LogP contribution in [0.3, 0.4) is 0 Å². The summed E-state index contributed by atoms with van der Waals surface area (Å²) in [7, 11) is -4.65. The molecule has 2 aromatic rings. The summed E-state index contributed by atoms with van der Waals surface area (Å²) in [4.78, 5) is 31.5. The molecular weight excluding hydrogens is 463 g/mol. The minimum Gasteiger partial charge on any atom is -0.325 e. The number of aromatic nitrogens is 2. The van der Waals surface area contributed by atoms with Gasteiger partial charge in [0.25, 0.3) is 0 Å². The molecule has 0 fully saturated rings. The van der Waals surface area contributed by atoms with Crippen molar-refractivity contribution in [2.45, 2.75) is 13.8 Å². The van der Waals surface area contributed by atoms with E-state index < -0.39 is 22.3 Å². The fraction of sp³-hybridized carbons (Fsp3) is 0.143. The number of nitrogens with zero attached hydrogens (tertiary/aromatic N) is 2. The second-order valence-electron chi connectivity index (χ2n) is 4.78. The minimum atomic E-state index is -4.65. The van der Waals surface area contributed by atoms with Crippen LogP contribution in [0.1, 0.15) is 21.7 Å². The zero-order chi connectivity index (χ0) is 18.6. The summed E-state index contributed by atoms with van der Waals surface area (Å²) in [5.74, 6) is -1.18. The molecule has 2 rings (SSSR count). The second kappa shape index (κ2) is 7.74. The van der Waals surface area contributed by atoms with Crippen molar-refractivity contribution in [1.82, 2.24) is 14.7 Å². The molecule has 0 radical (unpaired) electrons. The molecule has 0 aliphatic heterocycles. The van der Waals surface area contributed by atoms with Gasteiger partial charge in [-0.15, -0.1) is 0 Å². The first-order valence-corrected chi connectivity index (χ1v) is 9.30. The molecule has 9 nitrogen and oxygen atoms in total. The number of nitrogens with one attached hydrogen (secondary N) is 2. The van der Waals surface area contributed by atoms with Gasteiger partial charge in [0.1, 0.15) is 0 Å². The number of benzene rings is 1. The van der Waals surface area contributed by atoms with Crippen molar-refractivity contribution in [3.05, 3.63) is 50.9 Å². The standard InChI is InChI=1S/C14H13IN4O5S/c1-8-11(15)9(2)17-13(16-8)18-14(21)19-25(22,23)24-12(20)10-6-4-3-5-7-10/h3-7H,1-2H3,(H2,16,17,18,19,21). The molecule has 132 valence electrons. The summed E-state index contributed by atoms with van der Waals surface area (Å²) < 4.78 is 30.2. The third-order valence-corrected chi connectivity index (χ3v) is 5.19. The Bertz CT molecular complexity index is 895. The first kappa shape index (κ1) is 19.1. The van der Waals surface area contributed by atoms with Crippen LogP contribution in [0, 0.1) is 17.4 Å². The normalized spacial score (nSPS) is 10.8. The Morgan fingerprint density at radius 2 is 1.64 bits per heavy atom. The van der Waals surface area contributed by atoms with Crippen molar-refractivity contribution in [3.63, 3.8) is 0 Å². The van der Waals surface area contributed by atoms with E-state index in [0.717, 1.165) is 3.57 Å². The van der Waals surface area contributed by atoms with E-state index in [-0.39, 0.29) is 11.5 Å². The zero-order valence-electron chi connectivity index (χ0n) is 13.1. The highest BCUT2D eigenvalue weighted by Gasteiger charge is 2.22. The minimum absolute atomic E-state index is 0.0282. The SMILES string of the molecule is Cc1nc(NC(=O)NS(=O)(=O)OC(=O)c2ccccc2)nc(C)c1I. The van der Waals surface area contributed by atoms with Crippen LogP contribution < -0.4 is 10.0 Å². The molecule has 1 heterocycles. The van der Waals surface area contributed by atoms with Crippen LogP contribution in [0.5, 0.6) is 0 Å². The molecule has 2 amide bonds. The van der Waals surface area contributed by atoms with Gasteiger partial charge in [0.2, 0.25) is 5.95 Å². The van der Waals surface area contributed by atoms with Crippen LogP contribution in [0.25, 0.3) is 0 Å². The predicted molar refractivity (Wildman–Crippen MR) is 97.2 cm³/mol. The molecular formula is C14H13IN4O5S. The molecule has 0 unspecified atom stereocenters. The third-order valence-electron chi connectivity index (χ3n) is 2.82. The topological polar surface area (TPSA) is 127 Å². The van der Waals surface area contributed by atoms with Crippen LogP contribution in [0.2, 0.25) is 0 Å². The fourth-order valence-electron chi connectivity index (χ4n) is 1.74. The van der Waals surface area contributed by atoms with Gasteiger partial charge in [-0.2, -0.15) is 8.42 Å². The monoisotopic (exact) mass is 476 g/mol. The molecule has 0 saturated heterocycles. The van der Waals surface area contributed by atoms with Gasteiger partial charge in [0, 0.05) is 0 Å². The summed E-state index contributed by atoms with van der Waals surface area (Å²) in [6.07, 6.45) is 0. The van der Waals surface area contributed by atoms with Crippen molar-refractivity contribution in [1.29, 1.82) is 0 Å². The van der Waals surface area contributed by atoms with Gasteiger partial charge >= 0.3 is 22.3 Å².